The van der Waals surface area contributed by atoms with E-state index in [1.807, 2.05) is 0 Å². The second kappa shape index (κ2) is 8.01. The third-order valence-electron chi connectivity index (χ3n) is 3.04. The van der Waals surface area contributed by atoms with E-state index < -0.39 is 23.2 Å². The predicted molar refractivity (Wildman–Crippen MR) is 84.6 cm³/mol. The average Bonchev–Trinajstić information content (AvgIpc) is 2.55. The number of halogens is 4. The van der Waals surface area contributed by atoms with E-state index in [9.17, 15) is 22.4 Å². The highest BCUT2D eigenvalue weighted by Crippen LogP contribution is 2.34. The van der Waals surface area contributed by atoms with Crippen LogP contribution in [0.25, 0.3) is 6.08 Å². The van der Waals surface area contributed by atoms with Gasteiger partial charge in [0, 0.05) is 11.1 Å². The lowest BCUT2D eigenvalue weighted by Gasteiger charge is -2.08. The number of alkyl halides is 2. The summed E-state index contributed by atoms with van der Waals surface area (Å²) in [5.41, 5.74) is 0.110. The zero-order chi connectivity index (χ0) is 17.7. The fraction of sp³-hybridized carbons (Fsp3) is 0.118. The largest absolute Gasteiger partial charge is 0.496 e. The van der Waals surface area contributed by atoms with Crippen LogP contribution in [-0.4, -0.2) is 18.7 Å². The van der Waals surface area contributed by atoms with E-state index in [4.69, 9.17) is 4.74 Å². The van der Waals surface area contributed by atoms with Crippen molar-refractivity contribution in [2.75, 3.05) is 7.11 Å². The first kappa shape index (κ1) is 18.1. The Morgan fingerprint density at radius 2 is 1.92 bits per heavy atom. The zero-order valence-electron chi connectivity index (χ0n) is 12.4. The van der Waals surface area contributed by atoms with E-state index in [0.717, 1.165) is 30.4 Å². The number of carbonyl (C=O) groups excluding carboxylic acids is 1. The smallest absolute Gasteiger partial charge is 0.289 e. The van der Waals surface area contributed by atoms with Crippen molar-refractivity contribution in [2.45, 2.75) is 10.7 Å². The van der Waals surface area contributed by atoms with Gasteiger partial charge in [-0.2, -0.15) is 8.78 Å². The first-order valence-electron chi connectivity index (χ1n) is 6.71. The molecule has 0 heterocycles. The van der Waals surface area contributed by atoms with Gasteiger partial charge in [-0.15, -0.1) is 0 Å². The highest BCUT2D eigenvalue weighted by atomic mass is 32.2. The molecular weight excluding hydrogens is 344 g/mol. The van der Waals surface area contributed by atoms with E-state index in [1.54, 1.807) is 0 Å². The Kier molecular flexibility index (Phi) is 6.03. The van der Waals surface area contributed by atoms with Gasteiger partial charge in [0.25, 0.3) is 5.76 Å². The molecule has 0 atom stereocenters. The van der Waals surface area contributed by atoms with Crippen LogP contribution in [0.4, 0.5) is 17.6 Å². The Balaban J connectivity index is 2.23. The molecule has 0 fully saturated rings. The van der Waals surface area contributed by atoms with Crippen LogP contribution in [0.15, 0.2) is 47.4 Å². The lowest BCUT2D eigenvalue weighted by atomic mass is 10.1. The summed E-state index contributed by atoms with van der Waals surface area (Å²) in [5, 5.41) is 0. The number of ketones is 1. The quantitative estimate of drug-likeness (QED) is 0.309. The van der Waals surface area contributed by atoms with Crippen molar-refractivity contribution in [3.8, 4) is 5.75 Å². The summed E-state index contributed by atoms with van der Waals surface area (Å²) >= 11 is 0.305. The molecule has 2 aromatic rings. The number of ether oxygens (including phenoxy) is 1. The number of rotatable bonds is 6. The van der Waals surface area contributed by atoms with E-state index in [1.165, 1.54) is 25.3 Å². The van der Waals surface area contributed by atoms with Gasteiger partial charge in [0.15, 0.2) is 5.78 Å². The number of methoxy groups -OCH3 is 1. The summed E-state index contributed by atoms with van der Waals surface area (Å²) in [6.45, 7) is 0. The molecule has 2 nitrogen and oxygen atoms in total. The molecule has 0 aromatic heterocycles. The average molecular weight is 356 g/mol. The maximum absolute atomic E-state index is 13.5. The minimum absolute atomic E-state index is 0.0693. The predicted octanol–water partition coefficient (Wildman–Crippen LogP) is 5.18. The van der Waals surface area contributed by atoms with E-state index in [0.29, 0.717) is 11.8 Å². The maximum atomic E-state index is 13.5. The molecule has 0 N–H and O–H groups in total. The Morgan fingerprint density at radius 1 is 1.17 bits per heavy atom. The second-order valence-electron chi connectivity index (χ2n) is 4.61. The summed E-state index contributed by atoms with van der Waals surface area (Å²) in [6, 6.07) is 6.92. The highest BCUT2D eigenvalue weighted by Gasteiger charge is 2.13. The van der Waals surface area contributed by atoms with Crippen LogP contribution < -0.4 is 4.74 Å². The molecule has 0 aliphatic rings. The monoisotopic (exact) mass is 356 g/mol. The Labute approximate surface area is 140 Å². The van der Waals surface area contributed by atoms with E-state index in [-0.39, 0.29) is 21.8 Å². The maximum Gasteiger partial charge on any atom is 0.289 e. The molecule has 0 saturated heterocycles. The third-order valence-corrected chi connectivity index (χ3v) is 3.81. The van der Waals surface area contributed by atoms with Crippen molar-refractivity contribution < 1.29 is 27.1 Å². The molecule has 24 heavy (non-hydrogen) atoms. The topological polar surface area (TPSA) is 26.3 Å². The molecule has 0 saturated carbocycles. The first-order valence-corrected chi connectivity index (χ1v) is 7.59. The van der Waals surface area contributed by atoms with Crippen molar-refractivity contribution in [3.63, 3.8) is 0 Å². The summed E-state index contributed by atoms with van der Waals surface area (Å²) < 4.78 is 56.4. The van der Waals surface area contributed by atoms with Crippen molar-refractivity contribution in [3.05, 3.63) is 65.2 Å². The van der Waals surface area contributed by atoms with Gasteiger partial charge in [0.05, 0.1) is 12.0 Å². The summed E-state index contributed by atoms with van der Waals surface area (Å²) in [5.74, 6) is -4.27. The van der Waals surface area contributed by atoms with Crippen molar-refractivity contribution in [2.24, 2.45) is 0 Å². The van der Waals surface area contributed by atoms with Crippen LogP contribution in [0, 0.1) is 11.6 Å². The zero-order valence-corrected chi connectivity index (χ0v) is 13.2. The van der Waals surface area contributed by atoms with E-state index >= 15 is 0 Å². The number of hydrogen-bond donors (Lipinski definition) is 0. The molecule has 0 radical (unpaired) electrons. The van der Waals surface area contributed by atoms with Gasteiger partial charge >= 0.3 is 0 Å². The standard InChI is InChI=1S/C17H12F4O2S/c1-23-15-9-11(3-7-16(15)24-17(20)21)14(22)6-2-10-8-12(18)4-5-13(10)19/h2-9,17H,1H3. The van der Waals surface area contributed by atoms with Crippen molar-refractivity contribution >= 4 is 23.6 Å². The molecule has 7 heteroatoms. The van der Waals surface area contributed by atoms with Crippen LogP contribution >= 0.6 is 11.8 Å². The normalized spacial score (nSPS) is 11.2. The molecule has 0 spiro atoms. The first-order chi connectivity index (χ1) is 11.4. The second-order valence-corrected chi connectivity index (χ2v) is 5.64. The van der Waals surface area contributed by atoms with Gasteiger partial charge in [-0.3, -0.25) is 4.79 Å². The third kappa shape index (κ3) is 4.61. The number of benzene rings is 2. The molecule has 2 aromatic carbocycles. The van der Waals surface area contributed by atoms with E-state index in [2.05, 4.69) is 0 Å². The molecule has 2 rings (SSSR count). The number of hydrogen-bond acceptors (Lipinski definition) is 3. The van der Waals surface area contributed by atoms with Crippen molar-refractivity contribution in [1.82, 2.24) is 0 Å². The molecule has 0 aliphatic heterocycles. The summed E-state index contributed by atoms with van der Waals surface area (Å²) in [6.07, 6.45) is 2.22. The van der Waals surface area contributed by atoms with Crippen LogP contribution in [0.5, 0.6) is 5.75 Å². The van der Waals surface area contributed by atoms with Gasteiger partial charge in [-0.1, -0.05) is 11.8 Å². The number of carbonyl (C=O) groups is 1. The number of thioether (sulfide) groups is 1. The van der Waals surface area contributed by atoms with Gasteiger partial charge in [0.2, 0.25) is 0 Å². The van der Waals surface area contributed by atoms with Crippen LogP contribution in [0.3, 0.4) is 0 Å². The van der Waals surface area contributed by atoms with Crippen molar-refractivity contribution in [1.29, 1.82) is 0 Å². The fourth-order valence-corrected chi connectivity index (χ4v) is 2.52. The number of allylic oxidation sites excluding steroid dienone is 1. The van der Waals surface area contributed by atoms with Crippen LogP contribution in [0.2, 0.25) is 0 Å². The van der Waals surface area contributed by atoms with Crippen LogP contribution in [0.1, 0.15) is 15.9 Å². The lowest BCUT2D eigenvalue weighted by molar-refractivity contribution is 0.104. The Hall–Kier alpha value is -2.28. The Morgan fingerprint density at radius 3 is 2.58 bits per heavy atom. The fourth-order valence-electron chi connectivity index (χ4n) is 1.92. The minimum Gasteiger partial charge on any atom is -0.496 e. The van der Waals surface area contributed by atoms with Gasteiger partial charge < -0.3 is 4.74 Å². The SMILES string of the molecule is COc1cc(C(=O)C=Cc2cc(F)ccc2F)ccc1SC(F)F. The molecule has 0 unspecified atom stereocenters. The molecule has 0 bridgehead atoms. The van der Waals surface area contributed by atoms with Gasteiger partial charge in [-0.05, 0) is 48.6 Å². The van der Waals surface area contributed by atoms with Crippen LogP contribution in [-0.2, 0) is 0 Å². The summed E-state index contributed by atoms with van der Waals surface area (Å²) in [4.78, 5) is 12.3. The summed E-state index contributed by atoms with van der Waals surface area (Å²) in [7, 11) is 1.30. The molecule has 0 amide bonds. The van der Waals surface area contributed by atoms with Gasteiger partial charge in [0.1, 0.15) is 17.4 Å². The highest BCUT2D eigenvalue weighted by molar-refractivity contribution is 7.99. The Bertz CT molecular complexity index is 775. The molecule has 0 aliphatic carbocycles. The lowest BCUT2D eigenvalue weighted by Crippen LogP contribution is -1.97. The molecule has 126 valence electrons. The van der Waals surface area contributed by atoms with Gasteiger partial charge in [-0.25, -0.2) is 8.78 Å². The minimum atomic E-state index is -2.61. The molecular formula is C17H12F4O2S.